The van der Waals surface area contributed by atoms with Crippen LogP contribution in [0, 0.1) is 0 Å². The number of halogens is 2. The Morgan fingerprint density at radius 3 is 2.58 bits per heavy atom. The van der Waals surface area contributed by atoms with Crippen LogP contribution in [0.15, 0.2) is 53.0 Å². The van der Waals surface area contributed by atoms with Crippen LogP contribution in [0.2, 0.25) is 5.02 Å². The fourth-order valence-corrected chi connectivity index (χ4v) is 2.26. The number of carbonyl (C=O) groups is 2. The van der Waals surface area contributed by atoms with Gasteiger partial charge in [0.15, 0.2) is 6.61 Å². The summed E-state index contributed by atoms with van der Waals surface area (Å²) < 4.78 is 11.2. The van der Waals surface area contributed by atoms with Crippen molar-refractivity contribution < 1.29 is 19.1 Å². The lowest BCUT2D eigenvalue weighted by Crippen LogP contribution is -2.21. The van der Waals surface area contributed by atoms with E-state index >= 15 is 0 Å². The summed E-state index contributed by atoms with van der Waals surface area (Å²) in [5, 5.41) is 3.18. The Labute approximate surface area is 153 Å². The van der Waals surface area contributed by atoms with E-state index in [-0.39, 0.29) is 19.6 Å². The molecule has 2 aromatic rings. The molecule has 5 nitrogen and oxygen atoms in total. The molecule has 0 aliphatic carbocycles. The lowest BCUT2D eigenvalue weighted by Gasteiger charge is -2.08. The van der Waals surface area contributed by atoms with Crippen molar-refractivity contribution in [3.05, 3.63) is 58.0 Å². The van der Waals surface area contributed by atoms with Crippen LogP contribution < -0.4 is 10.1 Å². The normalized spacial score (nSPS) is 10.1. The van der Waals surface area contributed by atoms with Crippen molar-refractivity contribution in [3.63, 3.8) is 0 Å². The van der Waals surface area contributed by atoms with Crippen molar-refractivity contribution in [2.75, 3.05) is 18.5 Å². The van der Waals surface area contributed by atoms with Crippen LogP contribution in [-0.2, 0) is 14.3 Å². The van der Waals surface area contributed by atoms with Crippen LogP contribution in [0.1, 0.15) is 6.42 Å². The topological polar surface area (TPSA) is 64.6 Å². The van der Waals surface area contributed by atoms with E-state index in [9.17, 15) is 9.59 Å². The zero-order valence-corrected chi connectivity index (χ0v) is 15.0. The molecule has 126 valence electrons. The molecule has 2 rings (SSSR count). The van der Waals surface area contributed by atoms with Crippen LogP contribution in [0.3, 0.4) is 0 Å². The third kappa shape index (κ3) is 6.60. The smallest absolute Gasteiger partial charge is 0.309 e. The minimum atomic E-state index is -0.503. The summed E-state index contributed by atoms with van der Waals surface area (Å²) in [6, 6.07) is 13.9. The van der Waals surface area contributed by atoms with Crippen molar-refractivity contribution in [2.45, 2.75) is 6.42 Å². The number of ether oxygens (including phenoxy) is 2. The van der Waals surface area contributed by atoms with Crippen LogP contribution in [-0.4, -0.2) is 25.1 Å². The summed E-state index contributed by atoms with van der Waals surface area (Å²) in [7, 11) is 0. The quantitative estimate of drug-likeness (QED) is 0.697. The van der Waals surface area contributed by atoms with Gasteiger partial charge in [0.25, 0.3) is 5.91 Å². The third-order valence-electron chi connectivity index (χ3n) is 2.86. The fourth-order valence-electron chi connectivity index (χ4n) is 1.76. The van der Waals surface area contributed by atoms with Gasteiger partial charge in [0.05, 0.1) is 13.0 Å². The van der Waals surface area contributed by atoms with Crippen LogP contribution in [0.5, 0.6) is 5.75 Å². The van der Waals surface area contributed by atoms with Gasteiger partial charge in [0.1, 0.15) is 5.75 Å². The first-order valence-electron chi connectivity index (χ1n) is 7.12. The van der Waals surface area contributed by atoms with E-state index < -0.39 is 11.9 Å². The van der Waals surface area contributed by atoms with Gasteiger partial charge in [-0.25, -0.2) is 0 Å². The maximum Gasteiger partial charge on any atom is 0.309 e. The van der Waals surface area contributed by atoms with Crippen LogP contribution >= 0.6 is 27.5 Å². The Balaban J connectivity index is 1.65. The Morgan fingerprint density at radius 2 is 1.88 bits per heavy atom. The molecular weight excluding hydrogens is 398 g/mol. The van der Waals surface area contributed by atoms with Gasteiger partial charge in [-0.2, -0.15) is 0 Å². The van der Waals surface area contributed by atoms with E-state index in [1.165, 1.54) is 0 Å². The number of amides is 1. The number of carbonyl (C=O) groups excluding carboxylic acids is 2. The average Bonchev–Trinajstić information content (AvgIpc) is 2.55. The monoisotopic (exact) mass is 411 g/mol. The van der Waals surface area contributed by atoms with Crippen LogP contribution in [0.4, 0.5) is 5.69 Å². The molecule has 7 heteroatoms. The number of esters is 1. The summed E-state index contributed by atoms with van der Waals surface area (Å²) in [5.41, 5.74) is 0.582. The van der Waals surface area contributed by atoms with Gasteiger partial charge < -0.3 is 14.8 Å². The number of hydrogen-bond acceptors (Lipinski definition) is 4. The van der Waals surface area contributed by atoms with Crippen molar-refractivity contribution in [1.82, 2.24) is 0 Å². The highest BCUT2D eigenvalue weighted by molar-refractivity contribution is 9.10. The van der Waals surface area contributed by atoms with E-state index in [4.69, 9.17) is 21.1 Å². The predicted octanol–water partition coefficient (Wildman–Crippen LogP) is 4.05. The maximum absolute atomic E-state index is 11.7. The molecule has 2 aromatic carbocycles. The second-order valence-electron chi connectivity index (χ2n) is 4.77. The van der Waals surface area contributed by atoms with Gasteiger partial charge >= 0.3 is 5.97 Å². The van der Waals surface area contributed by atoms with E-state index in [0.717, 1.165) is 4.47 Å². The minimum Gasteiger partial charge on any atom is -0.493 e. The summed E-state index contributed by atoms with van der Waals surface area (Å²) in [4.78, 5) is 23.3. The minimum absolute atomic E-state index is 0.0563. The molecule has 1 N–H and O–H groups in total. The van der Waals surface area contributed by atoms with Gasteiger partial charge in [0.2, 0.25) is 0 Å². The molecule has 0 saturated heterocycles. The number of benzene rings is 2. The number of anilines is 1. The molecule has 0 aliphatic heterocycles. The summed E-state index contributed by atoms with van der Waals surface area (Å²) >= 11 is 9.09. The predicted molar refractivity (Wildman–Crippen MR) is 95.3 cm³/mol. The number of nitrogens with one attached hydrogen (secondary N) is 1. The Morgan fingerprint density at radius 1 is 1.12 bits per heavy atom. The van der Waals surface area contributed by atoms with E-state index in [0.29, 0.717) is 16.5 Å². The molecule has 0 atom stereocenters. The molecule has 0 aromatic heterocycles. The molecule has 0 aliphatic rings. The lowest BCUT2D eigenvalue weighted by molar-refractivity contribution is -0.147. The average molecular weight is 413 g/mol. The van der Waals surface area contributed by atoms with E-state index in [1.54, 1.807) is 36.4 Å². The van der Waals surface area contributed by atoms with Gasteiger partial charge in [-0.1, -0.05) is 33.6 Å². The molecule has 0 unspecified atom stereocenters. The summed E-state index contributed by atoms with van der Waals surface area (Å²) in [6.45, 7) is -0.174. The van der Waals surface area contributed by atoms with E-state index in [2.05, 4.69) is 21.2 Å². The van der Waals surface area contributed by atoms with Crippen molar-refractivity contribution in [2.24, 2.45) is 0 Å². The first-order chi connectivity index (χ1) is 11.5. The first-order valence-corrected chi connectivity index (χ1v) is 8.29. The third-order valence-corrected chi connectivity index (χ3v) is 3.61. The number of hydrogen-bond donors (Lipinski definition) is 1. The van der Waals surface area contributed by atoms with Crippen LogP contribution in [0.25, 0.3) is 0 Å². The molecule has 0 spiro atoms. The molecule has 0 radical (unpaired) electrons. The standard InChI is InChI=1S/C17H15BrClNO4/c18-12-2-1-3-15(10-12)23-9-8-17(22)24-11-16(21)20-14-6-4-13(19)5-7-14/h1-7,10H,8-9,11H2,(H,20,21). The summed E-state index contributed by atoms with van der Waals surface area (Å²) in [6.07, 6.45) is 0.0563. The highest BCUT2D eigenvalue weighted by Crippen LogP contribution is 2.17. The second-order valence-corrected chi connectivity index (χ2v) is 6.12. The molecule has 24 heavy (non-hydrogen) atoms. The summed E-state index contributed by atoms with van der Waals surface area (Å²) in [5.74, 6) is -0.271. The highest BCUT2D eigenvalue weighted by Gasteiger charge is 2.08. The molecular formula is C17H15BrClNO4. The molecule has 0 heterocycles. The first kappa shape index (κ1) is 18.3. The highest BCUT2D eigenvalue weighted by atomic mass is 79.9. The van der Waals surface area contributed by atoms with Crippen molar-refractivity contribution >= 4 is 45.1 Å². The molecule has 0 bridgehead atoms. The molecule has 0 fully saturated rings. The number of rotatable bonds is 7. The second kappa shape index (κ2) is 9.30. The molecule has 1 amide bonds. The SMILES string of the molecule is O=C(COC(=O)CCOc1cccc(Br)c1)Nc1ccc(Cl)cc1. The van der Waals surface area contributed by atoms with Gasteiger partial charge in [0, 0.05) is 15.2 Å². The Kier molecular flexibility index (Phi) is 7.08. The van der Waals surface area contributed by atoms with Gasteiger partial charge in [-0.05, 0) is 42.5 Å². The Hall–Kier alpha value is -2.05. The zero-order chi connectivity index (χ0) is 17.4. The van der Waals surface area contributed by atoms with Gasteiger partial charge in [-0.15, -0.1) is 0 Å². The zero-order valence-electron chi connectivity index (χ0n) is 12.6. The fraction of sp³-hybridized carbons (Fsp3) is 0.176. The molecule has 0 saturated carbocycles. The maximum atomic E-state index is 11.7. The van der Waals surface area contributed by atoms with Crippen molar-refractivity contribution in [1.29, 1.82) is 0 Å². The largest absolute Gasteiger partial charge is 0.493 e. The van der Waals surface area contributed by atoms with Crippen molar-refractivity contribution in [3.8, 4) is 5.75 Å². The lowest BCUT2D eigenvalue weighted by atomic mass is 10.3. The van der Waals surface area contributed by atoms with E-state index in [1.807, 2.05) is 12.1 Å². The van der Waals surface area contributed by atoms with Gasteiger partial charge in [-0.3, -0.25) is 9.59 Å². The Bertz CT molecular complexity index is 706.